The number of halogens is 1. The van der Waals surface area contributed by atoms with E-state index in [1.807, 2.05) is 31.2 Å². The molecule has 29 heavy (non-hydrogen) atoms. The van der Waals surface area contributed by atoms with Gasteiger partial charge in [0, 0.05) is 23.4 Å². The predicted molar refractivity (Wildman–Crippen MR) is 108 cm³/mol. The highest BCUT2D eigenvalue weighted by atomic mass is 19.1. The molecule has 1 N–H and O–H groups in total. The molecule has 0 saturated carbocycles. The van der Waals surface area contributed by atoms with Crippen LogP contribution in [0.15, 0.2) is 71.1 Å². The van der Waals surface area contributed by atoms with Gasteiger partial charge in [-0.2, -0.15) is 5.26 Å². The lowest BCUT2D eigenvalue weighted by Crippen LogP contribution is -2.33. The van der Waals surface area contributed by atoms with Crippen molar-refractivity contribution in [1.82, 2.24) is 5.32 Å². The number of Topliss-reactive ketones (excluding diaryl/α,β-unsaturated/α-hetero) is 1. The monoisotopic (exact) mass is 388 g/mol. The van der Waals surface area contributed by atoms with Gasteiger partial charge in [0.15, 0.2) is 5.78 Å². The molecule has 5 heteroatoms. The molecule has 1 heterocycles. The molecule has 146 valence electrons. The quantitative estimate of drug-likeness (QED) is 0.826. The number of carbonyl (C=O) groups excluding carboxylic acids is 1. The first-order valence-corrected chi connectivity index (χ1v) is 9.55. The zero-order valence-electron chi connectivity index (χ0n) is 16.3. The summed E-state index contributed by atoms with van der Waals surface area (Å²) >= 11 is 0. The van der Waals surface area contributed by atoms with Gasteiger partial charge >= 0.3 is 0 Å². The Bertz CT molecular complexity index is 1080. The van der Waals surface area contributed by atoms with Gasteiger partial charge in [-0.15, -0.1) is 0 Å². The lowest BCUT2D eigenvalue weighted by molar-refractivity contribution is -0.116. The number of dihydropyridines is 1. The van der Waals surface area contributed by atoms with Crippen LogP contribution in [0.5, 0.6) is 5.75 Å². The zero-order chi connectivity index (χ0) is 20.5. The molecule has 2 aromatic rings. The van der Waals surface area contributed by atoms with Crippen LogP contribution in [0.4, 0.5) is 4.39 Å². The Kier molecular flexibility index (Phi) is 4.94. The van der Waals surface area contributed by atoms with Crippen LogP contribution < -0.4 is 10.1 Å². The smallest absolute Gasteiger partial charge is 0.162 e. The van der Waals surface area contributed by atoms with Crippen molar-refractivity contribution in [2.45, 2.75) is 31.6 Å². The molecule has 0 spiro atoms. The molecular weight excluding hydrogens is 367 g/mol. The number of hydrogen-bond acceptors (Lipinski definition) is 4. The summed E-state index contributed by atoms with van der Waals surface area (Å²) in [5.74, 6) is -0.0951. The number of ether oxygens (including phenoxy) is 1. The highest BCUT2D eigenvalue weighted by Crippen LogP contribution is 2.45. The first kappa shape index (κ1) is 18.9. The standard InChI is InChI=1S/C24H21FN2O2/c1-14-20(13-26)23(16-4-3-5-18(25)10-16)24-21(27-14)11-17(12-22(24)28)15-6-8-19(29-2)9-7-15/h3-10,17,23,27H,11-12H2,1-2H3/t17-,23-/m1/s1. The third kappa shape index (κ3) is 3.42. The van der Waals surface area contributed by atoms with Crippen LogP contribution in [0.25, 0.3) is 0 Å². The van der Waals surface area contributed by atoms with Crippen LogP contribution in [-0.4, -0.2) is 12.9 Å². The Morgan fingerprint density at radius 2 is 1.90 bits per heavy atom. The highest BCUT2D eigenvalue weighted by molar-refractivity contribution is 6.00. The van der Waals surface area contributed by atoms with Crippen molar-refractivity contribution in [2.75, 3.05) is 7.11 Å². The first-order valence-electron chi connectivity index (χ1n) is 9.55. The topological polar surface area (TPSA) is 62.1 Å². The second kappa shape index (κ2) is 7.56. The van der Waals surface area contributed by atoms with Crippen LogP contribution in [0, 0.1) is 17.1 Å². The molecule has 4 rings (SSSR count). The van der Waals surface area contributed by atoms with Gasteiger partial charge in [-0.1, -0.05) is 24.3 Å². The van der Waals surface area contributed by atoms with Gasteiger partial charge in [-0.3, -0.25) is 4.79 Å². The number of hydrogen-bond donors (Lipinski definition) is 1. The maximum atomic E-state index is 13.9. The van der Waals surface area contributed by atoms with Crippen LogP contribution >= 0.6 is 0 Å². The molecule has 1 aliphatic heterocycles. The van der Waals surface area contributed by atoms with Crippen LogP contribution in [0.1, 0.15) is 42.7 Å². The van der Waals surface area contributed by atoms with Crippen molar-refractivity contribution >= 4 is 5.78 Å². The van der Waals surface area contributed by atoms with Crippen LogP contribution in [0.3, 0.4) is 0 Å². The molecule has 0 amide bonds. The third-order valence-electron chi connectivity index (χ3n) is 5.72. The molecule has 0 radical (unpaired) electrons. The van der Waals surface area contributed by atoms with E-state index >= 15 is 0 Å². The number of nitriles is 1. The Balaban J connectivity index is 1.75. The summed E-state index contributed by atoms with van der Waals surface area (Å²) in [6, 6.07) is 16.2. The number of benzene rings is 2. The van der Waals surface area contributed by atoms with Crippen molar-refractivity contribution in [3.63, 3.8) is 0 Å². The summed E-state index contributed by atoms with van der Waals surface area (Å²) in [5.41, 5.74) is 4.29. The number of nitrogens with one attached hydrogen (secondary N) is 1. The predicted octanol–water partition coefficient (Wildman–Crippen LogP) is 4.72. The van der Waals surface area contributed by atoms with Gasteiger partial charge in [-0.25, -0.2) is 4.39 Å². The fourth-order valence-corrected chi connectivity index (χ4v) is 4.32. The maximum Gasteiger partial charge on any atom is 0.162 e. The van der Waals surface area contributed by atoms with Crippen molar-refractivity contribution in [3.05, 3.63) is 88.0 Å². The van der Waals surface area contributed by atoms with E-state index in [2.05, 4.69) is 11.4 Å². The lowest BCUT2D eigenvalue weighted by Gasteiger charge is -2.35. The summed E-state index contributed by atoms with van der Waals surface area (Å²) in [6.45, 7) is 1.83. The van der Waals surface area contributed by atoms with E-state index in [0.717, 1.165) is 17.0 Å². The van der Waals surface area contributed by atoms with Gasteiger partial charge in [0.05, 0.1) is 24.7 Å². The third-order valence-corrected chi connectivity index (χ3v) is 5.72. The van der Waals surface area contributed by atoms with E-state index in [9.17, 15) is 14.4 Å². The minimum Gasteiger partial charge on any atom is -0.497 e. The minimum absolute atomic E-state index is 0.00548. The van der Waals surface area contributed by atoms with Crippen molar-refractivity contribution in [2.24, 2.45) is 0 Å². The molecule has 2 atom stereocenters. The number of allylic oxidation sites excluding steroid dienone is 4. The molecule has 2 aromatic carbocycles. The summed E-state index contributed by atoms with van der Waals surface area (Å²) in [4.78, 5) is 13.2. The summed E-state index contributed by atoms with van der Waals surface area (Å²) in [6.07, 6.45) is 1.02. The number of carbonyl (C=O) groups is 1. The van der Waals surface area contributed by atoms with Gasteiger partial charge < -0.3 is 10.1 Å². The second-order valence-electron chi connectivity index (χ2n) is 7.46. The molecule has 0 bridgehead atoms. The summed E-state index contributed by atoms with van der Waals surface area (Å²) in [7, 11) is 1.62. The van der Waals surface area contributed by atoms with E-state index in [0.29, 0.717) is 35.2 Å². The fourth-order valence-electron chi connectivity index (χ4n) is 4.32. The number of methoxy groups -OCH3 is 1. The van der Waals surface area contributed by atoms with Gasteiger partial charge in [-0.05, 0) is 54.7 Å². The summed E-state index contributed by atoms with van der Waals surface area (Å²) in [5, 5.41) is 13.0. The van der Waals surface area contributed by atoms with Gasteiger partial charge in [0.2, 0.25) is 0 Å². The Morgan fingerprint density at radius 3 is 2.55 bits per heavy atom. The zero-order valence-corrected chi connectivity index (χ0v) is 16.3. The summed E-state index contributed by atoms with van der Waals surface area (Å²) < 4.78 is 19.1. The van der Waals surface area contributed by atoms with Gasteiger partial charge in [0.25, 0.3) is 0 Å². The Morgan fingerprint density at radius 1 is 1.14 bits per heavy atom. The Hall–Kier alpha value is -3.39. The molecule has 2 aliphatic rings. The van der Waals surface area contributed by atoms with Crippen molar-refractivity contribution in [3.8, 4) is 11.8 Å². The minimum atomic E-state index is -0.531. The van der Waals surface area contributed by atoms with Crippen molar-refractivity contribution in [1.29, 1.82) is 5.26 Å². The largest absolute Gasteiger partial charge is 0.497 e. The van der Waals surface area contributed by atoms with E-state index in [1.54, 1.807) is 19.2 Å². The Labute approximate surface area is 169 Å². The maximum absolute atomic E-state index is 13.9. The molecule has 0 aromatic heterocycles. The molecule has 0 fully saturated rings. The SMILES string of the molecule is COc1ccc([C@H]2CC(=O)C3=C(C2)NC(C)=C(C#N)[C@H]3c2cccc(F)c2)cc1. The number of rotatable bonds is 3. The second-order valence-corrected chi connectivity index (χ2v) is 7.46. The molecule has 0 saturated heterocycles. The van der Waals surface area contributed by atoms with E-state index in [4.69, 9.17) is 4.74 Å². The van der Waals surface area contributed by atoms with Crippen LogP contribution in [-0.2, 0) is 4.79 Å². The average molecular weight is 388 g/mol. The highest BCUT2D eigenvalue weighted by Gasteiger charge is 2.39. The van der Waals surface area contributed by atoms with E-state index in [-0.39, 0.29) is 17.5 Å². The molecular formula is C24H21FN2O2. The van der Waals surface area contributed by atoms with Gasteiger partial charge in [0.1, 0.15) is 11.6 Å². The first-order chi connectivity index (χ1) is 14.0. The van der Waals surface area contributed by atoms with E-state index < -0.39 is 5.92 Å². The van der Waals surface area contributed by atoms with E-state index in [1.165, 1.54) is 12.1 Å². The normalized spacial score (nSPS) is 21.4. The van der Waals surface area contributed by atoms with Crippen molar-refractivity contribution < 1.29 is 13.9 Å². The molecule has 4 nitrogen and oxygen atoms in total. The average Bonchev–Trinajstić information content (AvgIpc) is 2.72. The fraction of sp³-hybridized carbons (Fsp3) is 0.250. The number of ketones is 1. The van der Waals surface area contributed by atoms with Crippen LogP contribution in [0.2, 0.25) is 0 Å². The molecule has 1 aliphatic carbocycles. The number of nitrogens with zero attached hydrogens (tertiary/aromatic N) is 1. The molecule has 0 unspecified atom stereocenters. The lowest BCUT2D eigenvalue weighted by atomic mass is 9.72.